The predicted molar refractivity (Wildman–Crippen MR) is 37.3 cm³/mol. The van der Waals surface area contributed by atoms with Crippen LogP contribution < -0.4 is 5.32 Å². The highest BCUT2D eigenvalue weighted by Gasteiger charge is 2.24. The maximum absolute atomic E-state index is 8.91. The van der Waals surface area contributed by atoms with Crippen LogP contribution in [-0.2, 0) is 0 Å². The topological polar surface area (TPSA) is 32.3 Å². The van der Waals surface area contributed by atoms with Crippen LogP contribution in [0.5, 0.6) is 0 Å². The smallest absolute Gasteiger partial charge is 0.0496 e. The third-order valence-electron chi connectivity index (χ3n) is 2.07. The zero-order valence-corrected chi connectivity index (χ0v) is 5.98. The molecular formula is C7H15NO. The molecule has 1 fully saturated rings. The molecule has 0 aromatic heterocycles. The van der Waals surface area contributed by atoms with Crippen LogP contribution >= 0.6 is 0 Å². The molecule has 0 spiro atoms. The van der Waals surface area contributed by atoms with E-state index in [9.17, 15) is 0 Å². The van der Waals surface area contributed by atoms with Gasteiger partial charge in [0.25, 0.3) is 0 Å². The van der Waals surface area contributed by atoms with Gasteiger partial charge in [-0.1, -0.05) is 6.92 Å². The number of aliphatic hydroxyl groups is 1. The standard InChI is InChI=1S/C7H15NO/c1-7(6-9)3-2-4-8-5-7/h8-9H,2-6H2,1H3/t7-/m1/s1. The van der Waals surface area contributed by atoms with E-state index in [2.05, 4.69) is 12.2 Å². The molecule has 0 bridgehead atoms. The quantitative estimate of drug-likeness (QED) is 0.536. The molecule has 0 aromatic carbocycles. The van der Waals surface area contributed by atoms with Crippen molar-refractivity contribution in [3.63, 3.8) is 0 Å². The highest BCUT2D eigenvalue weighted by Crippen LogP contribution is 2.23. The lowest BCUT2D eigenvalue weighted by Gasteiger charge is -2.31. The summed E-state index contributed by atoms with van der Waals surface area (Å²) in [5.74, 6) is 0. The van der Waals surface area contributed by atoms with Crippen LogP contribution in [0.25, 0.3) is 0 Å². The number of hydrogen-bond acceptors (Lipinski definition) is 2. The second-order valence-corrected chi connectivity index (χ2v) is 3.25. The Morgan fingerprint density at radius 1 is 1.67 bits per heavy atom. The van der Waals surface area contributed by atoms with Crippen molar-refractivity contribution in [2.75, 3.05) is 19.7 Å². The molecule has 2 N–H and O–H groups in total. The lowest BCUT2D eigenvalue weighted by atomic mass is 9.84. The van der Waals surface area contributed by atoms with Crippen molar-refractivity contribution >= 4 is 0 Å². The van der Waals surface area contributed by atoms with E-state index >= 15 is 0 Å². The number of aliphatic hydroxyl groups excluding tert-OH is 1. The summed E-state index contributed by atoms with van der Waals surface area (Å²) < 4.78 is 0. The van der Waals surface area contributed by atoms with Gasteiger partial charge >= 0.3 is 0 Å². The van der Waals surface area contributed by atoms with Gasteiger partial charge in [0, 0.05) is 18.6 Å². The van der Waals surface area contributed by atoms with E-state index in [0.717, 1.165) is 19.5 Å². The van der Waals surface area contributed by atoms with Gasteiger partial charge in [0.05, 0.1) is 0 Å². The van der Waals surface area contributed by atoms with Crippen molar-refractivity contribution in [1.82, 2.24) is 5.32 Å². The number of nitrogens with one attached hydrogen (secondary N) is 1. The lowest BCUT2D eigenvalue weighted by molar-refractivity contribution is 0.113. The zero-order chi connectivity index (χ0) is 6.74. The number of piperidine rings is 1. The van der Waals surface area contributed by atoms with Crippen LogP contribution in [0.3, 0.4) is 0 Å². The summed E-state index contributed by atoms with van der Waals surface area (Å²) in [5.41, 5.74) is 0.165. The van der Waals surface area contributed by atoms with Gasteiger partial charge in [0.1, 0.15) is 0 Å². The number of rotatable bonds is 1. The second-order valence-electron chi connectivity index (χ2n) is 3.25. The van der Waals surface area contributed by atoms with Gasteiger partial charge in [-0.2, -0.15) is 0 Å². The van der Waals surface area contributed by atoms with E-state index in [-0.39, 0.29) is 5.41 Å². The Balaban J connectivity index is 2.37. The number of hydrogen-bond donors (Lipinski definition) is 2. The van der Waals surface area contributed by atoms with Crippen molar-refractivity contribution in [2.24, 2.45) is 5.41 Å². The Bertz CT molecular complexity index is 86.9. The summed E-state index contributed by atoms with van der Waals surface area (Å²) in [4.78, 5) is 0. The van der Waals surface area contributed by atoms with Crippen LogP contribution in [0.1, 0.15) is 19.8 Å². The van der Waals surface area contributed by atoms with Gasteiger partial charge in [-0.05, 0) is 19.4 Å². The molecule has 2 heteroatoms. The third kappa shape index (κ3) is 1.66. The first kappa shape index (κ1) is 7.03. The Hall–Kier alpha value is -0.0800. The average molecular weight is 129 g/mol. The molecule has 0 saturated carbocycles. The molecular weight excluding hydrogens is 114 g/mol. The summed E-state index contributed by atoms with van der Waals surface area (Å²) in [6.07, 6.45) is 2.37. The molecule has 0 amide bonds. The minimum atomic E-state index is 0.165. The first-order chi connectivity index (χ1) is 4.27. The van der Waals surface area contributed by atoms with E-state index in [1.807, 2.05) is 0 Å². The maximum atomic E-state index is 8.91. The summed E-state index contributed by atoms with van der Waals surface area (Å²) in [6.45, 7) is 4.54. The van der Waals surface area contributed by atoms with Crippen LogP contribution in [0, 0.1) is 5.41 Å². The second kappa shape index (κ2) is 2.67. The first-order valence-corrected chi connectivity index (χ1v) is 3.58. The van der Waals surface area contributed by atoms with Crippen molar-refractivity contribution in [1.29, 1.82) is 0 Å². The molecule has 1 atom stereocenters. The normalized spacial score (nSPS) is 36.7. The molecule has 1 rings (SSSR count). The Kier molecular flexibility index (Phi) is 2.09. The van der Waals surface area contributed by atoms with Gasteiger partial charge in [-0.3, -0.25) is 0 Å². The van der Waals surface area contributed by atoms with E-state index in [1.54, 1.807) is 0 Å². The fourth-order valence-electron chi connectivity index (χ4n) is 1.25. The predicted octanol–water partition coefficient (Wildman–Crippen LogP) is 0.368. The molecule has 1 heterocycles. The van der Waals surface area contributed by atoms with Gasteiger partial charge in [0.2, 0.25) is 0 Å². The van der Waals surface area contributed by atoms with Crippen molar-refractivity contribution in [3.05, 3.63) is 0 Å². The molecule has 1 aliphatic heterocycles. The summed E-state index contributed by atoms with van der Waals surface area (Å²) in [5, 5.41) is 12.2. The SMILES string of the molecule is C[C@@]1(CO)CCCNC1. The van der Waals surface area contributed by atoms with Crippen LogP contribution in [0.15, 0.2) is 0 Å². The fraction of sp³-hybridized carbons (Fsp3) is 1.00. The van der Waals surface area contributed by atoms with Crippen molar-refractivity contribution in [3.8, 4) is 0 Å². The summed E-state index contributed by atoms with van der Waals surface area (Å²) >= 11 is 0. The van der Waals surface area contributed by atoms with Gasteiger partial charge in [-0.25, -0.2) is 0 Å². The fourth-order valence-corrected chi connectivity index (χ4v) is 1.25. The Morgan fingerprint density at radius 3 is 2.78 bits per heavy atom. The lowest BCUT2D eigenvalue weighted by Crippen LogP contribution is -2.40. The molecule has 2 nitrogen and oxygen atoms in total. The highest BCUT2D eigenvalue weighted by atomic mass is 16.3. The van der Waals surface area contributed by atoms with Gasteiger partial charge in [-0.15, -0.1) is 0 Å². The highest BCUT2D eigenvalue weighted by molar-refractivity contribution is 4.79. The van der Waals surface area contributed by atoms with Gasteiger partial charge in [0.15, 0.2) is 0 Å². The van der Waals surface area contributed by atoms with Crippen LogP contribution in [0.4, 0.5) is 0 Å². The van der Waals surface area contributed by atoms with E-state index in [4.69, 9.17) is 5.11 Å². The molecule has 0 unspecified atom stereocenters. The molecule has 54 valence electrons. The van der Waals surface area contributed by atoms with Crippen LogP contribution in [0.2, 0.25) is 0 Å². The minimum absolute atomic E-state index is 0.165. The van der Waals surface area contributed by atoms with E-state index < -0.39 is 0 Å². The van der Waals surface area contributed by atoms with Crippen molar-refractivity contribution < 1.29 is 5.11 Å². The monoisotopic (exact) mass is 129 g/mol. The average Bonchev–Trinajstić information content (AvgIpc) is 1.90. The van der Waals surface area contributed by atoms with Gasteiger partial charge < -0.3 is 10.4 Å². The Labute approximate surface area is 56.3 Å². The van der Waals surface area contributed by atoms with E-state index in [0.29, 0.717) is 6.61 Å². The summed E-state index contributed by atoms with van der Waals surface area (Å²) in [6, 6.07) is 0. The molecule has 1 saturated heterocycles. The first-order valence-electron chi connectivity index (χ1n) is 3.58. The third-order valence-corrected chi connectivity index (χ3v) is 2.07. The molecule has 0 aromatic rings. The summed E-state index contributed by atoms with van der Waals surface area (Å²) in [7, 11) is 0. The van der Waals surface area contributed by atoms with Crippen LogP contribution in [-0.4, -0.2) is 24.8 Å². The van der Waals surface area contributed by atoms with E-state index in [1.165, 1.54) is 6.42 Å². The van der Waals surface area contributed by atoms with Crippen molar-refractivity contribution in [2.45, 2.75) is 19.8 Å². The molecule has 1 aliphatic rings. The molecule has 9 heavy (non-hydrogen) atoms. The minimum Gasteiger partial charge on any atom is -0.396 e. The largest absolute Gasteiger partial charge is 0.396 e. The maximum Gasteiger partial charge on any atom is 0.0496 e. The zero-order valence-electron chi connectivity index (χ0n) is 5.98. The molecule has 0 aliphatic carbocycles. The Morgan fingerprint density at radius 2 is 2.44 bits per heavy atom. The molecule has 0 radical (unpaired) electrons.